The molecule has 8 heteroatoms. The van der Waals surface area contributed by atoms with Crippen LogP contribution >= 0.6 is 7.92 Å². The van der Waals surface area contributed by atoms with Crippen LogP contribution in [0.25, 0.3) is 0 Å². The van der Waals surface area contributed by atoms with Crippen molar-refractivity contribution in [3.63, 3.8) is 0 Å². The van der Waals surface area contributed by atoms with E-state index in [1.165, 1.54) is 6.92 Å². The van der Waals surface area contributed by atoms with Crippen molar-refractivity contribution < 1.29 is 33.3 Å². The Labute approximate surface area is 194 Å². The lowest BCUT2D eigenvalue weighted by atomic mass is 9.59. The van der Waals surface area contributed by atoms with Gasteiger partial charge in [0.1, 0.15) is 22.6 Å². The first-order valence-corrected chi connectivity index (χ1v) is 13.2. The summed E-state index contributed by atoms with van der Waals surface area (Å²) >= 11 is 0. The molecule has 7 nitrogen and oxygen atoms in total. The van der Waals surface area contributed by atoms with E-state index < -0.39 is 36.0 Å². The van der Waals surface area contributed by atoms with E-state index in [-0.39, 0.29) is 29.6 Å². The van der Waals surface area contributed by atoms with Crippen LogP contribution in [0.3, 0.4) is 0 Å². The number of Topliss-reactive ketones (excluding diaryl/α,β-unsaturated/α-hetero) is 3. The van der Waals surface area contributed by atoms with E-state index in [1.54, 1.807) is 34.8 Å². The molecular formula is C24H41O7P. The predicted octanol–water partition coefficient (Wildman–Crippen LogP) is 3.74. The molecular weight excluding hydrogens is 431 g/mol. The van der Waals surface area contributed by atoms with E-state index in [0.29, 0.717) is 25.6 Å². The smallest absolute Gasteiger partial charge is 0.196 e. The maximum absolute atomic E-state index is 13.3. The van der Waals surface area contributed by atoms with Crippen LogP contribution in [-0.4, -0.2) is 78.7 Å². The maximum Gasteiger partial charge on any atom is 0.196 e. The van der Waals surface area contributed by atoms with E-state index in [1.807, 2.05) is 27.4 Å². The second-order valence-electron chi connectivity index (χ2n) is 10.9. The molecule has 5 unspecified atom stereocenters. The van der Waals surface area contributed by atoms with E-state index in [9.17, 15) is 14.4 Å². The molecule has 1 spiro atoms. The number of carbonyl (C=O) groups excluding carboxylic acids is 3. The van der Waals surface area contributed by atoms with Gasteiger partial charge in [-0.15, -0.1) is 0 Å². The molecule has 0 N–H and O–H groups in total. The molecule has 1 heterocycles. The van der Waals surface area contributed by atoms with Crippen LogP contribution in [0, 0.1) is 5.41 Å². The first kappa shape index (κ1) is 27.5. The summed E-state index contributed by atoms with van der Waals surface area (Å²) in [6.45, 7) is 16.7. The molecule has 184 valence electrons. The third kappa shape index (κ3) is 5.17. The minimum atomic E-state index is -1.04. The molecule has 0 bridgehead atoms. The van der Waals surface area contributed by atoms with E-state index in [0.717, 1.165) is 0 Å². The Morgan fingerprint density at radius 1 is 1.22 bits per heavy atom. The molecule has 0 aromatic heterocycles. The van der Waals surface area contributed by atoms with E-state index in [4.69, 9.17) is 18.9 Å². The Bertz CT molecular complexity index is 763. The second-order valence-corrected chi connectivity index (χ2v) is 13.5. The SMILES string of the molecule is COC(C)(C)CCOC1(C)CC2(COC(C)(C(=O)C(C)OC(C)(C)C(C)=O)P(C)C2)C1=O. The molecule has 2 aliphatic rings. The van der Waals surface area contributed by atoms with E-state index in [2.05, 4.69) is 0 Å². The summed E-state index contributed by atoms with van der Waals surface area (Å²) in [6.07, 6.45) is 1.12. The molecule has 2 rings (SSSR count). The summed E-state index contributed by atoms with van der Waals surface area (Å²) in [5.74, 6) is -0.258. The third-order valence-corrected chi connectivity index (χ3v) is 10.2. The van der Waals surface area contributed by atoms with Crippen molar-refractivity contribution >= 4 is 25.3 Å². The molecule has 0 radical (unpaired) electrons. The van der Waals surface area contributed by atoms with Gasteiger partial charge in [0.25, 0.3) is 0 Å². The van der Waals surface area contributed by atoms with Crippen molar-refractivity contribution in [3.8, 4) is 0 Å². The standard InChI is InChI=1S/C24H41O7P/c1-16(31-21(5,6)17(2)25)18(26)23(8)30-14-24(15-32(23)10)13-22(7,19(24)27)29-12-11-20(3,4)28-9/h16H,11-15H2,1-10H3. The molecule has 1 aliphatic carbocycles. The number of ketones is 3. The second kappa shape index (κ2) is 9.14. The lowest BCUT2D eigenvalue weighted by molar-refractivity contribution is -0.196. The number of hydrogen-bond donors (Lipinski definition) is 0. The van der Waals surface area contributed by atoms with Gasteiger partial charge >= 0.3 is 0 Å². The number of methoxy groups -OCH3 is 1. The lowest BCUT2D eigenvalue weighted by Crippen LogP contribution is -2.68. The minimum absolute atomic E-state index is 0.0612. The molecule has 32 heavy (non-hydrogen) atoms. The number of ether oxygens (including phenoxy) is 4. The molecule has 5 atom stereocenters. The van der Waals surface area contributed by atoms with Gasteiger partial charge in [-0.1, -0.05) is 7.92 Å². The summed E-state index contributed by atoms with van der Waals surface area (Å²) in [4.78, 5) is 38.3. The highest BCUT2D eigenvalue weighted by Gasteiger charge is 2.66. The molecule has 1 aliphatic heterocycles. The Balaban J connectivity index is 2.01. The minimum Gasteiger partial charge on any atom is -0.379 e. The van der Waals surface area contributed by atoms with Gasteiger partial charge < -0.3 is 18.9 Å². The Morgan fingerprint density at radius 2 is 1.81 bits per heavy atom. The highest BCUT2D eigenvalue weighted by atomic mass is 31.1. The third-order valence-electron chi connectivity index (χ3n) is 7.36. The molecule has 0 aromatic rings. The van der Waals surface area contributed by atoms with Crippen molar-refractivity contribution in [2.75, 3.05) is 33.2 Å². The molecule has 2 fully saturated rings. The van der Waals surface area contributed by atoms with Crippen molar-refractivity contribution in [3.05, 3.63) is 0 Å². The van der Waals surface area contributed by atoms with Crippen LogP contribution in [0.4, 0.5) is 0 Å². The molecule has 1 saturated heterocycles. The molecule has 0 aromatic carbocycles. The van der Waals surface area contributed by atoms with Crippen LogP contribution in [0.2, 0.25) is 0 Å². The van der Waals surface area contributed by atoms with Gasteiger partial charge in [-0.05, 0) is 81.1 Å². The first-order valence-electron chi connectivity index (χ1n) is 11.3. The Morgan fingerprint density at radius 3 is 2.28 bits per heavy atom. The summed E-state index contributed by atoms with van der Waals surface area (Å²) in [6, 6.07) is 0. The number of rotatable bonds is 10. The topological polar surface area (TPSA) is 88.1 Å². The van der Waals surface area contributed by atoms with Gasteiger partial charge in [0, 0.05) is 7.11 Å². The van der Waals surface area contributed by atoms with E-state index >= 15 is 0 Å². The van der Waals surface area contributed by atoms with Gasteiger partial charge in [-0.2, -0.15) is 0 Å². The molecule has 0 amide bonds. The Kier molecular flexibility index (Phi) is 7.87. The largest absolute Gasteiger partial charge is 0.379 e. The summed E-state index contributed by atoms with van der Waals surface area (Å²) in [5.41, 5.74) is -2.75. The average Bonchev–Trinajstić information content (AvgIpc) is 2.69. The normalized spacial score (nSPS) is 34.3. The zero-order valence-electron chi connectivity index (χ0n) is 21.4. The summed E-state index contributed by atoms with van der Waals surface area (Å²) < 4.78 is 23.4. The quantitative estimate of drug-likeness (QED) is 0.448. The summed E-state index contributed by atoms with van der Waals surface area (Å²) in [7, 11) is 0.723. The average molecular weight is 473 g/mol. The lowest BCUT2D eigenvalue weighted by Gasteiger charge is -2.57. The van der Waals surface area contributed by atoms with Gasteiger partial charge in [0.05, 0.1) is 24.2 Å². The van der Waals surface area contributed by atoms with Gasteiger partial charge in [0.2, 0.25) is 0 Å². The monoisotopic (exact) mass is 472 g/mol. The van der Waals surface area contributed by atoms with Gasteiger partial charge in [0.15, 0.2) is 17.3 Å². The van der Waals surface area contributed by atoms with Crippen LogP contribution in [0.15, 0.2) is 0 Å². The number of hydrogen-bond acceptors (Lipinski definition) is 7. The highest BCUT2D eigenvalue weighted by molar-refractivity contribution is 7.59. The van der Waals surface area contributed by atoms with Gasteiger partial charge in [-0.25, -0.2) is 0 Å². The Hall–Kier alpha value is -0.720. The fourth-order valence-corrected chi connectivity index (χ4v) is 6.90. The highest BCUT2D eigenvalue weighted by Crippen LogP contribution is 2.62. The fourth-order valence-electron chi connectivity index (χ4n) is 4.50. The maximum atomic E-state index is 13.3. The van der Waals surface area contributed by atoms with Crippen LogP contribution < -0.4 is 0 Å². The first-order chi connectivity index (χ1) is 14.4. The van der Waals surface area contributed by atoms with Crippen LogP contribution in [0.5, 0.6) is 0 Å². The van der Waals surface area contributed by atoms with Crippen molar-refractivity contribution in [2.24, 2.45) is 5.41 Å². The van der Waals surface area contributed by atoms with Crippen LogP contribution in [-0.2, 0) is 33.3 Å². The zero-order chi connectivity index (χ0) is 24.8. The molecule has 1 saturated carbocycles. The fraction of sp³-hybridized carbons (Fsp3) is 0.875. The number of carbonyl (C=O) groups is 3. The van der Waals surface area contributed by atoms with Crippen molar-refractivity contribution in [1.29, 1.82) is 0 Å². The van der Waals surface area contributed by atoms with Crippen molar-refractivity contribution in [2.45, 2.75) is 96.5 Å². The predicted molar refractivity (Wildman–Crippen MR) is 125 cm³/mol. The summed E-state index contributed by atoms with van der Waals surface area (Å²) in [5, 5.41) is -1.01. The van der Waals surface area contributed by atoms with Crippen LogP contribution in [0.1, 0.15) is 68.2 Å². The van der Waals surface area contributed by atoms with Gasteiger partial charge in [-0.3, -0.25) is 14.4 Å². The zero-order valence-corrected chi connectivity index (χ0v) is 22.3. The van der Waals surface area contributed by atoms with Crippen molar-refractivity contribution in [1.82, 2.24) is 0 Å².